The third-order valence-electron chi connectivity index (χ3n) is 3.43. The van der Waals surface area contributed by atoms with E-state index < -0.39 is 0 Å². The maximum absolute atomic E-state index is 14.0. The van der Waals surface area contributed by atoms with Gasteiger partial charge in [-0.3, -0.25) is 0 Å². The van der Waals surface area contributed by atoms with Gasteiger partial charge in [0.1, 0.15) is 5.82 Å². The third kappa shape index (κ3) is 5.59. The highest BCUT2D eigenvalue weighted by Crippen LogP contribution is 2.18. The van der Waals surface area contributed by atoms with Gasteiger partial charge in [-0.05, 0) is 31.5 Å². The van der Waals surface area contributed by atoms with Crippen molar-refractivity contribution in [1.82, 2.24) is 10.2 Å². The molecule has 0 spiro atoms. The first kappa shape index (κ1) is 17.1. The van der Waals surface area contributed by atoms with E-state index in [0.717, 1.165) is 38.2 Å². The summed E-state index contributed by atoms with van der Waals surface area (Å²) in [6.07, 6.45) is 1.06. The molecule has 1 atom stereocenters. The summed E-state index contributed by atoms with van der Waals surface area (Å²) in [5.41, 5.74) is 0.781. The van der Waals surface area contributed by atoms with Crippen molar-refractivity contribution in [2.45, 2.75) is 40.2 Å². The average Bonchev–Trinajstić information content (AvgIpc) is 2.42. The van der Waals surface area contributed by atoms with Crippen LogP contribution in [0.15, 0.2) is 24.3 Å². The van der Waals surface area contributed by atoms with Gasteiger partial charge in [-0.15, -0.1) is 0 Å². The predicted octanol–water partition coefficient (Wildman–Crippen LogP) is 3.84. The maximum atomic E-state index is 14.0. The lowest BCUT2D eigenvalue weighted by molar-refractivity contribution is 0.227. The van der Waals surface area contributed by atoms with Gasteiger partial charge >= 0.3 is 0 Å². The van der Waals surface area contributed by atoms with Gasteiger partial charge in [0.05, 0.1) is 0 Å². The Morgan fingerprint density at radius 3 is 2.40 bits per heavy atom. The Morgan fingerprint density at radius 1 is 1.15 bits per heavy atom. The van der Waals surface area contributed by atoms with Crippen molar-refractivity contribution in [2.24, 2.45) is 5.92 Å². The van der Waals surface area contributed by atoms with E-state index in [1.807, 2.05) is 12.1 Å². The first-order chi connectivity index (χ1) is 9.58. The van der Waals surface area contributed by atoms with Crippen LogP contribution in [0.2, 0.25) is 0 Å². The van der Waals surface area contributed by atoms with E-state index >= 15 is 0 Å². The van der Waals surface area contributed by atoms with Crippen molar-refractivity contribution in [1.29, 1.82) is 0 Å². The van der Waals surface area contributed by atoms with Gasteiger partial charge in [-0.1, -0.05) is 45.9 Å². The quantitative estimate of drug-likeness (QED) is 0.739. The number of benzene rings is 1. The first-order valence-corrected chi connectivity index (χ1v) is 7.78. The van der Waals surface area contributed by atoms with Crippen molar-refractivity contribution in [2.75, 3.05) is 26.2 Å². The van der Waals surface area contributed by atoms with Crippen LogP contribution in [0.5, 0.6) is 0 Å². The van der Waals surface area contributed by atoms with E-state index in [2.05, 4.69) is 37.9 Å². The lowest BCUT2D eigenvalue weighted by atomic mass is 10.0. The van der Waals surface area contributed by atoms with Gasteiger partial charge < -0.3 is 10.2 Å². The molecule has 0 saturated carbocycles. The minimum absolute atomic E-state index is 0.0647. The number of hydrogen-bond donors (Lipinski definition) is 1. The summed E-state index contributed by atoms with van der Waals surface area (Å²) in [4.78, 5) is 2.39. The molecule has 0 radical (unpaired) electrons. The van der Waals surface area contributed by atoms with Crippen molar-refractivity contribution < 1.29 is 4.39 Å². The monoisotopic (exact) mass is 280 g/mol. The van der Waals surface area contributed by atoms with Gasteiger partial charge in [0.25, 0.3) is 0 Å². The fourth-order valence-electron chi connectivity index (χ4n) is 2.46. The topological polar surface area (TPSA) is 15.3 Å². The molecule has 0 fully saturated rings. The number of nitrogens with one attached hydrogen (secondary N) is 1. The SMILES string of the molecule is CCCNC(CN(CC)CC(C)C)c1ccccc1F. The van der Waals surface area contributed by atoms with Gasteiger partial charge in [0.15, 0.2) is 0 Å². The molecule has 0 aromatic heterocycles. The Hall–Kier alpha value is -0.930. The van der Waals surface area contributed by atoms with Crippen molar-refractivity contribution in [3.8, 4) is 0 Å². The van der Waals surface area contributed by atoms with Crippen LogP contribution in [-0.4, -0.2) is 31.1 Å². The highest BCUT2D eigenvalue weighted by molar-refractivity contribution is 5.21. The minimum Gasteiger partial charge on any atom is -0.309 e. The molecule has 0 bridgehead atoms. The third-order valence-corrected chi connectivity index (χ3v) is 3.43. The Morgan fingerprint density at radius 2 is 1.85 bits per heavy atom. The molecule has 1 unspecified atom stereocenters. The summed E-state index contributed by atoms with van der Waals surface area (Å²) in [5.74, 6) is 0.518. The Bertz CT molecular complexity index is 379. The lowest BCUT2D eigenvalue weighted by Gasteiger charge is -2.29. The zero-order valence-corrected chi connectivity index (χ0v) is 13.3. The fraction of sp³-hybridized carbons (Fsp3) is 0.647. The highest BCUT2D eigenvalue weighted by atomic mass is 19.1. The first-order valence-electron chi connectivity index (χ1n) is 7.78. The molecule has 0 saturated heterocycles. The number of halogens is 1. The molecule has 3 heteroatoms. The highest BCUT2D eigenvalue weighted by Gasteiger charge is 2.18. The van der Waals surface area contributed by atoms with Crippen LogP contribution < -0.4 is 5.32 Å². The Labute approximate surface area is 123 Å². The number of nitrogens with zero attached hydrogens (tertiary/aromatic N) is 1. The summed E-state index contributed by atoms with van der Waals surface area (Å²) < 4.78 is 14.0. The molecule has 0 heterocycles. The van der Waals surface area contributed by atoms with E-state index in [4.69, 9.17) is 0 Å². The average molecular weight is 280 g/mol. The van der Waals surface area contributed by atoms with Crippen LogP contribution in [0.3, 0.4) is 0 Å². The molecule has 0 aliphatic rings. The molecule has 1 aromatic rings. The molecule has 1 rings (SSSR count). The fourth-order valence-corrected chi connectivity index (χ4v) is 2.46. The van der Waals surface area contributed by atoms with Gasteiger partial charge in [0, 0.05) is 24.7 Å². The van der Waals surface area contributed by atoms with E-state index in [0.29, 0.717) is 5.92 Å². The van der Waals surface area contributed by atoms with Crippen molar-refractivity contribution in [3.05, 3.63) is 35.6 Å². The molecule has 1 N–H and O–H groups in total. The maximum Gasteiger partial charge on any atom is 0.128 e. The van der Waals surface area contributed by atoms with Crippen LogP contribution in [0.4, 0.5) is 4.39 Å². The minimum atomic E-state index is -0.110. The number of likely N-dealkylation sites (N-methyl/N-ethyl adjacent to an activating group) is 1. The molecule has 2 nitrogen and oxygen atoms in total. The van der Waals surface area contributed by atoms with Gasteiger partial charge in [-0.25, -0.2) is 4.39 Å². The van der Waals surface area contributed by atoms with Crippen LogP contribution in [-0.2, 0) is 0 Å². The molecule has 0 amide bonds. The zero-order valence-electron chi connectivity index (χ0n) is 13.3. The van der Waals surface area contributed by atoms with E-state index in [1.54, 1.807) is 12.1 Å². The van der Waals surface area contributed by atoms with Crippen LogP contribution in [0.25, 0.3) is 0 Å². The summed E-state index contributed by atoms with van der Waals surface area (Å²) in [7, 11) is 0. The van der Waals surface area contributed by atoms with E-state index in [-0.39, 0.29) is 11.9 Å². The molecule has 114 valence electrons. The second-order valence-electron chi connectivity index (χ2n) is 5.77. The van der Waals surface area contributed by atoms with Crippen LogP contribution in [0, 0.1) is 11.7 Å². The second kappa shape index (κ2) is 9.09. The molecule has 0 aliphatic heterocycles. The molecular formula is C17H29FN2. The standard InChI is InChI=1S/C17H29FN2/c1-5-11-19-17(13-20(6-2)12-14(3)4)15-9-7-8-10-16(15)18/h7-10,14,17,19H,5-6,11-13H2,1-4H3. The largest absolute Gasteiger partial charge is 0.309 e. The molecular weight excluding hydrogens is 251 g/mol. The Kier molecular flexibility index (Phi) is 7.78. The summed E-state index contributed by atoms with van der Waals surface area (Å²) in [5, 5.41) is 3.48. The Balaban J connectivity index is 2.80. The summed E-state index contributed by atoms with van der Waals surface area (Å²) in [6, 6.07) is 7.18. The lowest BCUT2D eigenvalue weighted by Crippen LogP contribution is -2.37. The van der Waals surface area contributed by atoms with Crippen LogP contribution in [0.1, 0.15) is 45.7 Å². The van der Waals surface area contributed by atoms with E-state index in [9.17, 15) is 4.39 Å². The number of rotatable bonds is 9. The number of hydrogen-bond acceptors (Lipinski definition) is 2. The predicted molar refractivity (Wildman–Crippen MR) is 84.4 cm³/mol. The molecule has 0 aliphatic carbocycles. The molecule has 1 aromatic carbocycles. The zero-order chi connectivity index (χ0) is 15.0. The smallest absolute Gasteiger partial charge is 0.128 e. The second-order valence-corrected chi connectivity index (χ2v) is 5.77. The van der Waals surface area contributed by atoms with Crippen LogP contribution >= 0.6 is 0 Å². The summed E-state index contributed by atoms with van der Waals surface area (Å²) >= 11 is 0. The normalized spacial score (nSPS) is 13.2. The van der Waals surface area contributed by atoms with Gasteiger partial charge in [0.2, 0.25) is 0 Å². The molecule has 20 heavy (non-hydrogen) atoms. The van der Waals surface area contributed by atoms with Gasteiger partial charge in [-0.2, -0.15) is 0 Å². The van der Waals surface area contributed by atoms with E-state index in [1.165, 1.54) is 0 Å². The summed E-state index contributed by atoms with van der Waals surface area (Å²) in [6.45, 7) is 12.6. The van der Waals surface area contributed by atoms with Crippen molar-refractivity contribution in [3.63, 3.8) is 0 Å². The van der Waals surface area contributed by atoms with Crippen molar-refractivity contribution >= 4 is 0 Å².